The van der Waals surface area contributed by atoms with Gasteiger partial charge in [0.15, 0.2) is 0 Å². The van der Waals surface area contributed by atoms with Crippen molar-refractivity contribution >= 4 is 11.8 Å². The number of benzene rings is 1. The lowest BCUT2D eigenvalue weighted by Crippen LogP contribution is -2.37. The van der Waals surface area contributed by atoms with Gasteiger partial charge in [0.1, 0.15) is 24.7 Å². The lowest BCUT2D eigenvalue weighted by Gasteiger charge is -2.00. The molecule has 0 heterocycles. The van der Waals surface area contributed by atoms with E-state index in [4.69, 9.17) is 21.9 Å². The van der Waals surface area contributed by atoms with Crippen LogP contribution in [0.1, 0.15) is 0 Å². The van der Waals surface area contributed by atoms with Crippen LogP contribution in [0.3, 0.4) is 0 Å². The minimum absolute atomic E-state index is 0.0880. The Bertz CT molecular complexity index is 379. The number of carbonyl (C=O) groups is 2. The number of rotatable bonds is 4. The number of carbonyl (C=O) groups excluding carboxylic acids is 2. The molecule has 0 aromatic heterocycles. The smallest absolute Gasteiger partial charge is 0.259 e. The first kappa shape index (κ1) is 16.6. The largest absolute Gasteiger partial charge is 0.508 e. The molecule has 0 unspecified atom stereocenters. The third-order valence-electron chi connectivity index (χ3n) is 1.62. The average Bonchev–Trinajstić information content (AvgIpc) is 2.38. The number of ether oxygens (including phenoxy) is 1. The normalized spacial score (nSPS) is 8.95. The van der Waals surface area contributed by atoms with Gasteiger partial charge in [0.05, 0.1) is 0 Å². The molecule has 2 amide bonds. The summed E-state index contributed by atoms with van der Waals surface area (Å²) in [5.41, 5.74) is 3.66. The van der Waals surface area contributed by atoms with Crippen molar-refractivity contribution in [2.75, 3.05) is 13.2 Å². The van der Waals surface area contributed by atoms with Crippen LogP contribution in [0, 0.1) is 0 Å². The van der Waals surface area contributed by atoms with Crippen LogP contribution >= 0.6 is 0 Å². The number of nitrogens with two attached hydrogens (primary N) is 2. The summed E-state index contributed by atoms with van der Waals surface area (Å²) < 4.78 is 4.55. The molecule has 1 aromatic rings. The molecule has 0 aliphatic rings. The SMILES string of the molecule is NNC(=O)COCC(=O)NN.Oc1cccc(O)c1. The van der Waals surface area contributed by atoms with E-state index < -0.39 is 11.8 Å². The Labute approximate surface area is 109 Å². The van der Waals surface area contributed by atoms with Crippen molar-refractivity contribution < 1.29 is 24.5 Å². The van der Waals surface area contributed by atoms with Crippen LogP contribution in [-0.4, -0.2) is 35.2 Å². The van der Waals surface area contributed by atoms with E-state index in [1.54, 1.807) is 6.07 Å². The molecule has 106 valence electrons. The second-order valence-electron chi connectivity index (χ2n) is 3.15. The maximum absolute atomic E-state index is 10.4. The summed E-state index contributed by atoms with van der Waals surface area (Å²) in [4.78, 5) is 20.7. The van der Waals surface area contributed by atoms with E-state index in [9.17, 15) is 9.59 Å². The molecule has 0 saturated carbocycles. The standard InChI is InChI=1S/C6H6O2.C4H10N4O3/c7-5-2-1-3-6(8)4-5;5-7-3(9)1-11-2-4(10)8-6/h1-4,7-8H;1-2,5-6H2,(H,7,9)(H,8,10). The van der Waals surface area contributed by atoms with Crippen LogP contribution < -0.4 is 22.5 Å². The van der Waals surface area contributed by atoms with E-state index in [1.807, 2.05) is 10.9 Å². The molecule has 0 aliphatic heterocycles. The topological polar surface area (TPSA) is 160 Å². The molecule has 0 spiro atoms. The van der Waals surface area contributed by atoms with Crippen LogP contribution in [0.5, 0.6) is 11.5 Å². The van der Waals surface area contributed by atoms with E-state index in [2.05, 4.69) is 4.74 Å². The molecule has 9 heteroatoms. The fraction of sp³-hybridized carbons (Fsp3) is 0.200. The average molecular weight is 272 g/mol. The van der Waals surface area contributed by atoms with E-state index in [0.717, 1.165) is 0 Å². The van der Waals surface area contributed by atoms with Gasteiger partial charge < -0.3 is 14.9 Å². The van der Waals surface area contributed by atoms with Crippen LogP contribution in [0.25, 0.3) is 0 Å². The van der Waals surface area contributed by atoms with Crippen LogP contribution in [0.15, 0.2) is 24.3 Å². The molecular weight excluding hydrogens is 256 g/mol. The zero-order chi connectivity index (χ0) is 14.7. The van der Waals surface area contributed by atoms with Crippen molar-refractivity contribution in [2.24, 2.45) is 11.7 Å². The van der Waals surface area contributed by atoms with Crippen molar-refractivity contribution in [3.63, 3.8) is 0 Å². The number of hydrazine groups is 2. The Morgan fingerprint density at radius 1 is 1.05 bits per heavy atom. The van der Waals surface area contributed by atoms with Gasteiger partial charge in [-0.05, 0) is 12.1 Å². The molecule has 0 fully saturated rings. The van der Waals surface area contributed by atoms with Gasteiger partial charge in [-0.2, -0.15) is 0 Å². The lowest BCUT2D eigenvalue weighted by atomic mass is 10.3. The molecule has 0 saturated heterocycles. The Balaban J connectivity index is 0.000000356. The first-order valence-electron chi connectivity index (χ1n) is 5.04. The number of hydrogen-bond donors (Lipinski definition) is 6. The highest BCUT2D eigenvalue weighted by atomic mass is 16.5. The monoisotopic (exact) mass is 272 g/mol. The summed E-state index contributed by atoms with van der Waals surface area (Å²) in [5.74, 6) is 8.60. The van der Waals surface area contributed by atoms with Crippen molar-refractivity contribution in [3.8, 4) is 11.5 Å². The maximum Gasteiger partial charge on any atom is 0.259 e. The molecule has 0 aliphatic carbocycles. The van der Waals surface area contributed by atoms with Gasteiger partial charge in [0.25, 0.3) is 11.8 Å². The number of phenols is 2. The van der Waals surface area contributed by atoms with E-state index in [1.165, 1.54) is 18.2 Å². The minimum atomic E-state index is -0.505. The zero-order valence-corrected chi connectivity index (χ0v) is 10.00. The van der Waals surface area contributed by atoms with Gasteiger partial charge in [-0.15, -0.1) is 0 Å². The van der Waals surface area contributed by atoms with Gasteiger partial charge in [-0.3, -0.25) is 20.4 Å². The Morgan fingerprint density at radius 3 is 1.74 bits per heavy atom. The van der Waals surface area contributed by atoms with Crippen molar-refractivity contribution in [3.05, 3.63) is 24.3 Å². The first-order chi connectivity index (χ1) is 8.99. The zero-order valence-electron chi connectivity index (χ0n) is 10.00. The van der Waals surface area contributed by atoms with Gasteiger partial charge >= 0.3 is 0 Å². The van der Waals surface area contributed by atoms with Crippen molar-refractivity contribution in [1.29, 1.82) is 0 Å². The van der Waals surface area contributed by atoms with Gasteiger partial charge in [0.2, 0.25) is 0 Å². The second kappa shape index (κ2) is 9.65. The van der Waals surface area contributed by atoms with Gasteiger partial charge in [-0.1, -0.05) is 6.07 Å². The van der Waals surface area contributed by atoms with Gasteiger partial charge in [-0.25, -0.2) is 11.7 Å². The highest BCUT2D eigenvalue weighted by Gasteiger charge is 2.00. The fourth-order valence-corrected chi connectivity index (χ4v) is 0.813. The highest BCUT2D eigenvalue weighted by molar-refractivity contribution is 5.78. The third-order valence-corrected chi connectivity index (χ3v) is 1.62. The molecule has 19 heavy (non-hydrogen) atoms. The van der Waals surface area contributed by atoms with Crippen LogP contribution in [0.2, 0.25) is 0 Å². The van der Waals surface area contributed by atoms with E-state index >= 15 is 0 Å². The van der Waals surface area contributed by atoms with Crippen molar-refractivity contribution in [1.82, 2.24) is 10.9 Å². The number of hydrogen-bond acceptors (Lipinski definition) is 7. The molecule has 0 bridgehead atoms. The summed E-state index contributed by atoms with van der Waals surface area (Å²) in [6, 6.07) is 5.85. The minimum Gasteiger partial charge on any atom is -0.508 e. The summed E-state index contributed by atoms with van der Waals surface area (Å²) in [6.07, 6.45) is 0. The predicted octanol–water partition coefficient (Wildman–Crippen LogP) is -1.92. The lowest BCUT2D eigenvalue weighted by molar-refractivity contribution is -0.131. The maximum atomic E-state index is 10.4. The number of aromatic hydroxyl groups is 2. The van der Waals surface area contributed by atoms with Gasteiger partial charge in [0, 0.05) is 6.07 Å². The first-order valence-corrected chi connectivity index (χ1v) is 5.04. The summed E-state index contributed by atoms with van der Waals surface area (Å²) in [5, 5.41) is 17.3. The fourth-order valence-electron chi connectivity index (χ4n) is 0.813. The van der Waals surface area contributed by atoms with E-state index in [0.29, 0.717) is 0 Å². The van der Waals surface area contributed by atoms with Crippen LogP contribution in [0.4, 0.5) is 0 Å². The van der Waals surface area contributed by atoms with Crippen molar-refractivity contribution in [2.45, 2.75) is 0 Å². The third kappa shape index (κ3) is 9.35. The quantitative estimate of drug-likeness (QED) is 0.211. The highest BCUT2D eigenvalue weighted by Crippen LogP contribution is 2.14. The second-order valence-corrected chi connectivity index (χ2v) is 3.15. The molecule has 0 radical (unpaired) electrons. The molecule has 9 nitrogen and oxygen atoms in total. The Hall–Kier alpha value is -2.36. The number of phenolic OH excluding ortho intramolecular Hbond substituents is 2. The molecular formula is C10H16N4O5. The number of amides is 2. The molecule has 1 aromatic carbocycles. The summed E-state index contributed by atoms with van der Waals surface area (Å²) in [6.45, 7) is -0.520. The molecule has 0 atom stereocenters. The number of nitrogens with one attached hydrogen (secondary N) is 2. The Kier molecular flexibility index (Phi) is 8.45. The molecule has 1 rings (SSSR count). The predicted molar refractivity (Wildman–Crippen MR) is 65.3 cm³/mol. The van der Waals surface area contributed by atoms with Crippen LogP contribution in [-0.2, 0) is 14.3 Å². The van der Waals surface area contributed by atoms with E-state index in [-0.39, 0.29) is 24.7 Å². The summed E-state index contributed by atoms with van der Waals surface area (Å²) in [7, 11) is 0. The summed E-state index contributed by atoms with van der Waals surface area (Å²) >= 11 is 0. The molecule has 8 N–H and O–H groups in total. The Morgan fingerprint density at radius 2 is 1.47 bits per heavy atom.